The van der Waals surface area contributed by atoms with E-state index in [0.29, 0.717) is 33.4 Å². The van der Waals surface area contributed by atoms with Gasteiger partial charge in [-0.2, -0.15) is 0 Å². The topological polar surface area (TPSA) is 109 Å². The minimum atomic E-state index is -0.253. The number of aryl methyl sites for hydroxylation is 1. The quantitative estimate of drug-likeness (QED) is 0.486. The van der Waals surface area contributed by atoms with Crippen molar-refractivity contribution < 1.29 is 14.3 Å². The summed E-state index contributed by atoms with van der Waals surface area (Å²) in [7, 11) is 0. The molecule has 1 aliphatic heterocycles. The van der Waals surface area contributed by atoms with E-state index in [1.54, 1.807) is 24.3 Å². The Balaban J connectivity index is 1.42. The number of benzene rings is 1. The molecule has 0 aliphatic carbocycles. The molecule has 3 N–H and O–H groups in total. The molecule has 128 valence electrons. The van der Waals surface area contributed by atoms with Gasteiger partial charge in [0, 0.05) is 17.4 Å². The van der Waals surface area contributed by atoms with Crippen molar-refractivity contribution in [3.8, 4) is 11.5 Å². The molecule has 3 heterocycles. The number of fused-ring (bicyclic) bond motifs is 2. The van der Waals surface area contributed by atoms with E-state index in [9.17, 15) is 9.59 Å². The highest BCUT2D eigenvalue weighted by Crippen LogP contribution is 2.34. The van der Waals surface area contributed by atoms with Gasteiger partial charge in [-0.15, -0.1) is 0 Å². The molecule has 2 aromatic heterocycles. The second-order valence-electron chi connectivity index (χ2n) is 5.49. The maximum Gasteiger partial charge on any atom is 0.275 e. The average Bonchev–Trinajstić information content (AvgIpc) is 3.18. The number of amides is 1. The standard InChI is InChI=1S/C16H14N4O4S/c1-8-4-10-14(17-8)15(22)20-16(19-10)25-6-13(21)18-9-2-3-11-12(5-9)24-7-23-11/h2-5,17H,6-7H2,1H3,(H,18,21)(H,19,20,22). The van der Waals surface area contributed by atoms with Crippen LogP contribution in [0.2, 0.25) is 0 Å². The Bertz CT molecular complexity index is 1030. The number of carbonyl (C=O) groups excluding carboxylic acids is 1. The molecular weight excluding hydrogens is 344 g/mol. The number of aromatic nitrogens is 3. The molecular formula is C16H14N4O4S. The molecule has 0 bridgehead atoms. The van der Waals surface area contributed by atoms with Crippen molar-refractivity contribution in [2.75, 3.05) is 17.9 Å². The maximum atomic E-state index is 12.1. The van der Waals surface area contributed by atoms with Crippen LogP contribution in [-0.4, -0.2) is 33.4 Å². The molecule has 1 amide bonds. The van der Waals surface area contributed by atoms with Crippen LogP contribution in [0.25, 0.3) is 11.0 Å². The van der Waals surface area contributed by atoms with Crippen LogP contribution in [0.15, 0.2) is 34.2 Å². The second-order valence-corrected chi connectivity index (χ2v) is 6.45. The molecule has 8 nitrogen and oxygen atoms in total. The second kappa shape index (κ2) is 6.17. The lowest BCUT2D eigenvalue weighted by Gasteiger charge is -2.06. The minimum Gasteiger partial charge on any atom is -0.454 e. The number of nitrogens with one attached hydrogen (secondary N) is 3. The van der Waals surface area contributed by atoms with Crippen molar-refractivity contribution in [1.82, 2.24) is 15.0 Å². The van der Waals surface area contributed by atoms with E-state index in [0.717, 1.165) is 17.5 Å². The molecule has 0 saturated carbocycles. The van der Waals surface area contributed by atoms with Crippen LogP contribution >= 0.6 is 11.8 Å². The predicted molar refractivity (Wildman–Crippen MR) is 93.4 cm³/mol. The maximum absolute atomic E-state index is 12.1. The highest BCUT2D eigenvalue weighted by molar-refractivity contribution is 7.99. The van der Waals surface area contributed by atoms with Crippen LogP contribution in [0.3, 0.4) is 0 Å². The highest BCUT2D eigenvalue weighted by atomic mass is 32.2. The Morgan fingerprint density at radius 1 is 1.28 bits per heavy atom. The Kier molecular flexibility index (Phi) is 3.85. The first kappa shape index (κ1) is 15.6. The average molecular weight is 358 g/mol. The van der Waals surface area contributed by atoms with E-state index in [1.807, 2.05) is 6.92 Å². The Morgan fingerprint density at radius 2 is 2.12 bits per heavy atom. The summed E-state index contributed by atoms with van der Waals surface area (Å²) in [6, 6.07) is 6.98. The van der Waals surface area contributed by atoms with Crippen LogP contribution < -0.4 is 20.3 Å². The first-order valence-corrected chi connectivity index (χ1v) is 8.49. The molecule has 4 rings (SSSR count). The molecule has 25 heavy (non-hydrogen) atoms. The number of hydrogen-bond donors (Lipinski definition) is 3. The Hall–Kier alpha value is -2.94. The number of aromatic amines is 2. The molecule has 0 saturated heterocycles. The van der Waals surface area contributed by atoms with Gasteiger partial charge in [0.2, 0.25) is 12.7 Å². The number of H-pyrrole nitrogens is 2. The van der Waals surface area contributed by atoms with E-state index in [2.05, 4.69) is 20.3 Å². The summed E-state index contributed by atoms with van der Waals surface area (Å²) in [5.74, 6) is 1.16. The van der Waals surface area contributed by atoms with Crippen LogP contribution in [0.1, 0.15) is 5.69 Å². The van der Waals surface area contributed by atoms with Crippen LogP contribution in [0, 0.1) is 6.92 Å². The fourth-order valence-electron chi connectivity index (χ4n) is 2.51. The SMILES string of the molecule is Cc1cc2nc(SCC(=O)Nc3ccc4c(c3)OCO4)[nH]c(=O)c2[nH]1. The first-order valence-electron chi connectivity index (χ1n) is 7.50. The van der Waals surface area contributed by atoms with Gasteiger partial charge in [0.05, 0.1) is 11.3 Å². The molecule has 0 unspecified atom stereocenters. The lowest BCUT2D eigenvalue weighted by atomic mass is 10.3. The third-order valence-corrected chi connectivity index (χ3v) is 4.47. The molecule has 3 aromatic rings. The summed E-state index contributed by atoms with van der Waals surface area (Å²) < 4.78 is 10.5. The molecule has 0 fully saturated rings. The van der Waals surface area contributed by atoms with Gasteiger partial charge in [-0.3, -0.25) is 14.6 Å². The number of ether oxygens (including phenoxy) is 2. The van der Waals surface area contributed by atoms with E-state index in [1.165, 1.54) is 0 Å². The Labute approximate surface area is 145 Å². The normalized spacial score (nSPS) is 12.5. The summed E-state index contributed by atoms with van der Waals surface area (Å²) in [5.41, 5.74) is 2.24. The number of anilines is 1. The zero-order valence-electron chi connectivity index (χ0n) is 13.2. The van der Waals surface area contributed by atoms with Gasteiger partial charge in [0.15, 0.2) is 16.7 Å². The van der Waals surface area contributed by atoms with Crippen LogP contribution in [0.4, 0.5) is 5.69 Å². The number of rotatable bonds is 4. The van der Waals surface area contributed by atoms with E-state index in [-0.39, 0.29) is 24.0 Å². The van der Waals surface area contributed by atoms with Gasteiger partial charge in [0.25, 0.3) is 5.56 Å². The molecule has 0 radical (unpaired) electrons. The smallest absolute Gasteiger partial charge is 0.275 e. The largest absolute Gasteiger partial charge is 0.454 e. The van der Waals surface area contributed by atoms with Crippen molar-refractivity contribution in [2.24, 2.45) is 0 Å². The van der Waals surface area contributed by atoms with Crippen molar-refractivity contribution in [2.45, 2.75) is 12.1 Å². The summed E-state index contributed by atoms with van der Waals surface area (Å²) >= 11 is 1.16. The summed E-state index contributed by atoms with van der Waals surface area (Å²) in [5, 5.41) is 3.18. The third kappa shape index (κ3) is 3.18. The molecule has 1 aliphatic rings. The number of nitrogens with zero attached hydrogens (tertiary/aromatic N) is 1. The lowest BCUT2D eigenvalue weighted by Crippen LogP contribution is -2.15. The number of hydrogen-bond acceptors (Lipinski definition) is 6. The van der Waals surface area contributed by atoms with Crippen molar-refractivity contribution in [1.29, 1.82) is 0 Å². The van der Waals surface area contributed by atoms with Gasteiger partial charge in [-0.25, -0.2) is 4.98 Å². The van der Waals surface area contributed by atoms with Crippen molar-refractivity contribution in [3.05, 3.63) is 40.3 Å². The zero-order valence-corrected chi connectivity index (χ0v) is 14.0. The van der Waals surface area contributed by atoms with Crippen molar-refractivity contribution in [3.63, 3.8) is 0 Å². The van der Waals surface area contributed by atoms with Gasteiger partial charge in [0.1, 0.15) is 5.52 Å². The Morgan fingerprint density at radius 3 is 3.00 bits per heavy atom. The number of thioether (sulfide) groups is 1. The summed E-state index contributed by atoms with van der Waals surface area (Å²) in [4.78, 5) is 34.1. The predicted octanol–water partition coefficient (Wildman–Crippen LogP) is 2.02. The first-order chi connectivity index (χ1) is 12.1. The van der Waals surface area contributed by atoms with Crippen molar-refractivity contribution >= 4 is 34.4 Å². The molecule has 1 aromatic carbocycles. The monoisotopic (exact) mass is 358 g/mol. The minimum absolute atomic E-state index is 0.117. The molecule has 0 spiro atoms. The van der Waals surface area contributed by atoms with Gasteiger partial charge >= 0.3 is 0 Å². The number of carbonyl (C=O) groups is 1. The van der Waals surface area contributed by atoms with Gasteiger partial charge in [-0.1, -0.05) is 11.8 Å². The summed E-state index contributed by atoms with van der Waals surface area (Å²) in [6.45, 7) is 2.04. The van der Waals surface area contributed by atoms with Gasteiger partial charge in [-0.05, 0) is 25.1 Å². The fourth-order valence-corrected chi connectivity index (χ4v) is 3.17. The fraction of sp³-hybridized carbons (Fsp3) is 0.188. The zero-order chi connectivity index (χ0) is 17.4. The van der Waals surface area contributed by atoms with Gasteiger partial charge < -0.3 is 19.8 Å². The summed E-state index contributed by atoms with van der Waals surface area (Å²) in [6.07, 6.45) is 0. The highest BCUT2D eigenvalue weighted by Gasteiger charge is 2.14. The van der Waals surface area contributed by atoms with E-state index >= 15 is 0 Å². The van der Waals surface area contributed by atoms with Crippen LogP contribution in [0.5, 0.6) is 11.5 Å². The van der Waals surface area contributed by atoms with E-state index in [4.69, 9.17) is 9.47 Å². The molecule has 0 atom stereocenters. The lowest BCUT2D eigenvalue weighted by molar-refractivity contribution is -0.113. The third-order valence-electron chi connectivity index (χ3n) is 3.60. The molecule has 9 heteroatoms. The van der Waals surface area contributed by atoms with Crippen LogP contribution in [-0.2, 0) is 4.79 Å². The van der Waals surface area contributed by atoms with E-state index < -0.39 is 0 Å².